The second-order valence-corrected chi connectivity index (χ2v) is 6.55. The van der Waals surface area contributed by atoms with E-state index in [4.69, 9.17) is 16.3 Å². The molecule has 3 aromatic rings. The average molecular weight is 410 g/mol. The summed E-state index contributed by atoms with van der Waals surface area (Å²) in [5.74, 6) is -0.122. The van der Waals surface area contributed by atoms with Crippen molar-refractivity contribution in [1.82, 2.24) is 0 Å². The number of hydrogen-bond donors (Lipinski definition) is 2. The Hall–Kier alpha value is -3.91. The Bertz CT molecular complexity index is 1180. The van der Waals surface area contributed by atoms with Crippen LogP contribution in [0.1, 0.15) is 20.7 Å². The van der Waals surface area contributed by atoms with Gasteiger partial charge in [-0.15, -0.1) is 0 Å². The molecule has 0 aromatic heterocycles. The van der Waals surface area contributed by atoms with Crippen LogP contribution >= 0.6 is 11.6 Å². The highest BCUT2D eigenvalue weighted by atomic mass is 35.5. The van der Waals surface area contributed by atoms with Crippen LogP contribution in [0.2, 0.25) is 5.02 Å². The van der Waals surface area contributed by atoms with E-state index in [2.05, 4.69) is 10.6 Å². The summed E-state index contributed by atoms with van der Waals surface area (Å²) in [6.45, 7) is 0. The van der Waals surface area contributed by atoms with Crippen LogP contribution in [0.3, 0.4) is 0 Å². The van der Waals surface area contributed by atoms with Gasteiger partial charge in [0, 0.05) is 17.3 Å². The molecule has 144 valence electrons. The summed E-state index contributed by atoms with van der Waals surface area (Å²) in [6, 6.07) is 15.4. The molecule has 2 N–H and O–H groups in total. The Balaban J connectivity index is 1.61. The van der Waals surface area contributed by atoms with Crippen LogP contribution in [0.15, 0.2) is 60.7 Å². The van der Waals surface area contributed by atoms with Crippen molar-refractivity contribution >= 4 is 40.5 Å². The predicted molar refractivity (Wildman–Crippen MR) is 107 cm³/mol. The molecule has 0 bridgehead atoms. The number of amides is 2. The first-order chi connectivity index (χ1) is 13.9. The number of nitro groups is 1. The van der Waals surface area contributed by atoms with Crippen LogP contribution in [-0.2, 0) is 0 Å². The maximum absolute atomic E-state index is 12.5. The molecule has 1 heterocycles. The molecule has 0 fully saturated rings. The number of halogens is 1. The van der Waals surface area contributed by atoms with Crippen molar-refractivity contribution in [2.75, 3.05) is 10.6 Å². The summed E-state index contributed by atoms with van der Waals surface area (Å²) in [5.41, 5.74) is 0.792. The average Bonchev–Trinajstić information content (AvgIpc) is 2.84. The van der Waals surface area contributed by atoms with Gasteiger partial charge < -0.3 is 15.4 Å². The van der Waals surface area contributed by atoms with Crippen LogP contribution < -0.4 is 15.4 Å². The normalized spacial score (nSPS) is 12.0. The maximum atomic E-state index is 12.5. The number of nitrogens with zero attached hydrogens (tertiary/aromatic N) is 1. The molecule has 4 rings (SSSR count). The molecule has 0 spiro atoms. The standard InChI is InChI=1S/C20H12ClN3O5/c21-14-7-5-11(9-16(14)24(27)28)19(25)22-12-6-8-17-13(10-12)20(26)23-15-3-1-2-4-18(15)29-17/h1-10H,(H,22,25)(H,23,26). The summed E-state index contributed by atoms with van der Waals surface area (Å²) in [6.07, 6.45) is 0. The number of nitrogens with one attached hydrogen (secondary N) is 2. The second kappa shape index (κ2) is 7.25. The lowest BCUT2D eigenvalue weighted by Crippen LogP contribution is -2.14. The molecule has 0 saturated heterocycles. The molecule has 0 radical (unpaired) electrons. The van der Waals surface area contributed by atoms with E-state index < -0.39 is 10.8 Å². The van der Waals surface area contributed by atoms with E-state index in [1.807, 2.05) is 0 Å². The smallest absolute Gasteiger partial charge is 0.288 e. The fraction of sp³-hybridized carbons (Fsp3) is 0. The molecular formula is C20H12ClN3O5. The molecule has 0 saturated carbocycles. The Morgan fingerprint density at radius 1 is 1.07 bits per heavy atom. The SMILES string of the molecule is O=C(Nc1ccc2c(c1)C(=O)Nc1ccccc1O2)c1ccc(Cl)c([N+](=O)[O-])c1. The number of para-hydroxylation sites is 2. The molecule has 1 aliphatic heterocycles. The minimum Gasteiger partial charge on any atom is -0.454 e. The van der Waals surface area contributed by atoms with Gasteiger partial charge in [0.2, 0.25) is 0 Å². The van der Waals surface area contributed by atoms with Gasteiger partial charge in [0.05, 0.1) is 16.2 Å². The molecule has 0 unspecified atom stereocenters. The maximum Gasteiger partial charge on any atom is 0.288 e. The number of carbonyl (C=O) groups excluding carboxylic acids is 2. The van der Waals surface area contributed by atoms with Crippen molar-refractivity contribution in [2.45, 2.75) is 0 Å². The van der Waals surface area contributed by atoms with Crippen LogP contribution in [0.5, 0.6) is 11.5 Å². The summed E-state index contributed by atoms with van der Waals surface area (Å²) in [7, 11) is 0. The molecule has 2 amide bonds. The van der Waals surface area contributed by atoms with Crippen molar-refractivity contribution < 1.29 is 19.2 Å². The summed E-state index contributed by atoms with van der Waals surface area (Å²) < 4.78 is 5.79. The van der Waals surface area contributed by atoms with Crippen molar-refractivity contribution in [3.05, 3.63) is 86.9 Å². The molecule has 8 nitrogen and oxygen atoms in total. The van der Waals surface area contributed by atoms with Gasteiger partial charge in [0.25, 0.3) is 17.5 Å². The summed E-state index contributed by atoms with van der Waals surface area (Å²) in [5, 5.41) is 16.3. The fourth-order valence-corrected chi connectivity index (χ4v) is 3.02. The lowest BCUT2D eigenvalue weighted by molar-refractivity contribution is -0.384. The highest BCUT2D eigenvalue weighted by Crippen LogP contribution is 2.36. The number of nitro benzene ring substituents is 1. The van der Waals surface area contributed by atoms with E-state index in [-0.39, 0.29) is 27.7 Å². The van der Waals surface area contributed by atoms with Gasteiger partial charge in [-0.3, -0.25) is 19.7 Å². The van der Waals surface area contributed by atoms with Gasteiger partial charge >= 0.3 is 0 Å². The van der Waals surface area contributed by atoms with Crippen molar-refractivity contribution in [2.24, 2.45) is 0 Å². The van der Waals surface area contributed by atoms with Crippen LogP contribution in [0, 0.1) is 10.1 Å². The van der Waals surface area contributed by atoms with E-state index in [1.54, 1.807) is 36.4 Å². The van der Waals surface area contributed by atoms with Crippen LogP contribution in [0.4, 0.5) is 17.1 Å². The largest absolute Gasteiger partial charge is 0.454 e. The first-order valence-electron chi connectivity index (χ1n) is 8.40. The number of benzene rings is 3. The van der Waals surface area contributed by atoms with Crippen LogP contribution in [0.25, 0.3) is 0 Å². The topological polar surface area (TPSA) is 111 Å². The third-order valence-corrected chi connectivity index (χ3v) is 4.56. The van der Waals surface area contributed by atoms with Crippen molar-refractivity contribution in [3.63, 3.8) is 0 Å². The summed E-state index contributed by atoms with van der Waals surface area (Å²) in [4.78, 5) is 35.4. The molecule has 0 atom stereocenters. The van der Waals surface area contributed by atoms with E-state index in [0.29, 0.717) is 22.9 Å². The van der Waals surface area contributed by atoms with Crippen molar-refractivity contribution in [1.29, 1.82) is 0 Å². The minimum absolute atomic E-state index is 0.0594. The fourth-order valence-electron chi connectivity index (χ4n) is 2.84. The third kappa shape index (κ3) is 3.61. The lowest BCUT2D eigenvalue weighted by atomic mass is 10.1. The zero-order valence-corrected chi connectivity index (χ0v) is 15.4. The molecule has 3 aromatic carbocycles. The van der Waals surface area contributed by atoms with Gasteiger partial charge in [0.1, 0.15) is 10.8 Å². The summed E-state index contributed by atoms with van der Waals surface area (Å²) >= 11 is 5.77. The number of anilines is 2. The predicted octanol–water partition coefficient (Wildman–Crippen LogP) is 4.86. The van der Waals surface area contributed by atoms with E-state index >= 15 is 0 Å². The minimum atomic E-state index is -0.666. The van der Waals surface area contributed by atoms with Gasteiger partial charge in [0.15, 0.2) is 5.75 Å². The van der Waals surface area contributed by atoms with E-state index in [0.717, 1.165) is 6.07 Å². The molecule has 1 aliphatic rings. The third-order valence-electron chi connectivity index (χ3n) is 4.24. The van der Waals surface area contributed by atoms with Gasteiger partial charge in [-0.2, -0.15) is 0 Å². The zero-order valence-electron chi connectivity index (χ0n) is 14.6. The second-order valence-electron chi connectivity index (χ2n) is 6.14. The first-order valence-corrected chi connectivity index (χ1v) is 8.78. The molecule has 0 aliphatic carbocycles. The number of fused-ring (bicyclic) bond motifs is 2. The Morgan fingerprint density at radius 2 is 1.86 bits per heavy atom. The monoisotopic (exact) mass is 409 g/mol. The number of ether oxygens (including phenoxy) is 1. The van der Waals surface area contributed by atoms with Gasteiger partial charge in [-0.05, 0) is 42.5 Å². The molecular weight excluding hydrogens is 398 g/mol. The Kier molecular flexibility index (Phi) is 4.61. The van der Waals surface area contributed by atoms with E-state index in [1.165, 1.54) is 18.2 Å². The molecule has 29 heavy (non-hydrogen) atoms. The number of carbonyl (C=O) groups is 2. The van der Waals surface area contributed by atoms with Crippen molar-refractivity contribution in [3.8, 4) is 11.5 Å². The van der Waals surface area contributed by atoms with Gasteiger partial charge in [-0.25, -0.2) is 0 Å². The highest BCUT2D eigenvalue weighted by molar-refractivity contribution is 6.32. The Labute approximate surface area is 169 Å². The molecule has 9 heteroatoms. The lowest BCUT2D eigenvalue weighted by Gasteiger charge is -2.10. The number of rotatable bonds is 3. The van der Waals surface area contributed by atoms with E-state index in [9.17, 15) is 19.7 Å². The number of hydrogen-bond acceptors (Lipinski definition) is 5. The zero-order chi connectivity index (χ0) is 20.5. The highest BCUT2D eigenvalue weighted by Gasteiger charge is 2.22. The first kappa shape index (κ1) is 18.5. The van der Waals surface area contributed by atoms with Crippen LogP contribution in [-0.4, -0.2) is 16.7 Å². The van der Waals surface area contributed by atoms with Gasteiger partial charge in [-0.1, -0.05) is 23.7 Å². The quantitative estimate of drug-likeness (QED) is 0.474. The Morgan fingerprint density at radius 3 is 2.66 bits per heavy atom.